The SMILES string of the molecule is CC(C)CC(N)C(=O)O.[Cu]. The van der Waals surface area contributed by atoms with E-state index in [1.54, 1.807) is 0 Å². The van der Waals surface area contributed by atoms with Gasteiger partial charge in [-0.2, -0.15) is 0 Å². The Bertz CT molecular complexity index is 106. The molecule has 1 unspecified atom stereocenters. The Morgan fingerprint density at radius 3 is 2.10 bits per heavy atom. The van der Waals surface area contributed by atoms with E-state index in [0.717, 1.165) is 0 Å². The third-order valence-electron chi connectivity index (χ3n) is 1.04. The van der Waals surface area contributed by atoms with Gasteiger partial charge in [-0.15, -0.1) is 0 Å². The van der Waals surface area contributed by atoms with Crippen molar-refractivity contribution < 1.29 is 27.0 Å². The van der Waals surface area contributed by atoms with Crippen molar-refractivity contribution in [3.8, 4) is 0 Å². The van der Waals surface area contributed by atoms with Gasteiger partial charge in [-0.3, -0.25) is 4.79 Å². The number of nitrogens with two attached hydrogens (primary N) is 1. The third-order valence-corrected chi connectivity index (χ3v) is 1.04. The van der Waals surface area contributed by atoms with Gasteiger partial charge < -0.3 is 10.8 Å². The fourth-order valence-electron chi connectivity index (χ4n) is 0.609. The second kappa shape index (κ2) is 5.71. The molecule has 0 rings (SSSR count). The monoisotopic (exact) mass is 194 g/mol. The number of rotatable bonds is 3. The molecule has 0 fully saturated rings. The van der Waals surface area contributed by atoms with Gasteiger partial charge in [0, 0.05) is 17.1 Å². The Morgan fingerprint density at radius 2 is 2.00 bits per heavy atom. The van der Waals surface area contributed by atoms with Gasteiger partial charge >= 0.3 is 5.97 Å². The molecule has 3 N–H and O–H groups in total. The minimum atomic E-state index is -0.913. The van der Waals surface area contributed by atoms with E-state index >= 15 is 0 Å². The molecule has 0 amide bonds. The van der Waals surface area contributed by atoms with Gasteiger partial charge in [0.1, 0.15) is 6.04 Å². The Labute approximate surface area is 71.5 Å². The van der Waals surface area contributed by atoms with E-state index in [-0.39, 0.29) is 17.1 Å². The van der Waals surface area contributed by atoms with Gasteiger partial charge in [-0.25, -0.2) is 0 Å². The molecule has 0 aliphatic rings. The number of carbonyl (C=O) groups is 1. The van der Waals surface area contributed by atoms with Crippen LogP contribution in [0.1, 0.15) is 20.3 Å². The average Bonchev–Trinajstić information content (AvgIpc) is 1.63. The van der Waals surface area contributed by atoms with Crippen LogP contribution in [0.3, 0.4) is 0 Å². The molecule has 1 atom stereocenters. The number of aliphatic carboxylic acids is 1. The first-order valence-electron chi connectivity index (χ1n) is 3.02. The topological polar surface area (TPSA) is 63.3 Å². The molecule has 0 aliphatic heterocycles. The van der Waals surface area contributed by atoms with Gasteiger partial charge in [-0.1, -0.05) is 13.8 Å². The second-order valence-electron chi connectivity index (χ2n) is 2.57. The Morgan fingerprint density at radius 1 is 1.60 bits per heavy atom. The smallest absolute Gasteiger partial charge is 0.320 e. The summed E-state index contributed by atoms with van der Waals surface area (Å²) in [5.74, 6) is -0.556. The van der Waals surface area contributed by atoms with Gasteiger partial charge in [0.15, 0.2) is 0 Å². The van der Waals surface area contributed by atoms with Crippen LogP contribution in [0.2, 0.25) is 0 Å². The van der Waals surface area contributed by atoms with Crippen molar-refractivity contribution in [1.29, 1.82) is 0 Å². The molecular weight excluding hydrogens is 182 g/mol. The number of hydrogen-bond donors (Lipinski definition) is 2. The molecule has 0 aromatic heterocycles. The Kier molecular flexibility index (Phi) is 7.20. The summed E-state index contributed by atoms with van der Waals surface area (Å²) in [5, 5.41) is 8.31. The molecule has 0 aliphatic carbocycles. The van der Waals surface area contributed by atoms with Crippen LogP contribution in [0.15, 0.2) is 0 Å². The zero-order valence-corrected chi connectivity index (χ0v) is 7.04. The Balaban J connectivity index is 0. The number of carboxylic acid groups (broad SMARTS) is 1. The summed E-state index contributed by atoms with van der Waals surface area (Å²) in [5.41, 5.74) is 5.22. The average molecular weight is 195 g/mol. The van der Waals surface area contributed by atoms with E-state index in [1.165, 1.54) is 0 Å². The molecule has 0 spiro atoms. The van der Waals surface area contributed by atoms with Crippen LogP contribution >= 0.6 is 0 Å². The molecule has 10 heavy (non-hydrogen) atoms. The maximum absolute atomic E-state index is 10.1. The third kappa shape index (κ3) is 6.08. The molecule has 3 nitrogen and oxygen atoms in total. The normalized spacial score (nSPS) is 12.4. The molecule has 1 radical (unpaired) electrons. The first-order chi connectivity index (χ1) is 4.04. The van der Waals surface area contributed by atoms with Crippen molar-refractivity contribution in [2.24, 2.45) is 11.7 Å². The maximum Gasteiger partial charge on any atom is 0.320 e. The van der Waals surface area contributed by atoms with Crippen molar-refractivity contribution in [1.82, 2.24) is 0 Å². The van der Waals surface area contributed by atoms with Crippen LogP contribution in [0, 0.1) is 5.92 Å². The second-order valence-corrected chi connectivity index (χ2v) is 2.57. The molecule has 4 heteroatoms. The quantitative estimate of drug-likeness (QED) is 0.641. The van der Waals surface area contributed by atoms with Crippen LogP contribution in [0.25, 0.3) is 0 Å². The zero-order chi connectivity index (χ0) is 7.44. The van der Waals surface area contributed by atoms with Gasteiger partial charge in [0.2, 0.25) is 0 Å². The number of carboxylic acids is 1. The summed E-state index contributed by atoms with van der Waals surface area (Å²) in [6.45, 7) is 3.89. The molecular formula is C6H13CuNO2. The Hall–Kier alpha value is -0.0505. The van der Waals surface area contributed by atoms with Crippen LogP contribution in [0.5, 0.6) is 0 Å². The maximum atomic E-state index is 10.1. The van der Waals surface area contributed by atoms with Crippen molar-refractivity contribution in [3.05, 3.63) is 0 Å². The molecule has 0 bridgehead atoms. The molecule has 0 heterocycles. The molecule has 65 valence electrons. The van der Waals surface area contributed by atoms with Crippen molar-refractivity contribution in [2.45, 2.75) is 26.3 Å². The zero-order valence-electron chi connectivity index (χ0n) is 6.10. The van der Waals surface area contributed by atoms with E-state index < -0.39 is 12.0 Å². The molecule has 0 saturated heterocycles. The molecule has 0 saturated carbocycles. The molecule has 0 aromatic carbocycles. The number of hydrogen-bond acceptors (Lipinski definition) is 2. The summed E-state index contributed by atoms with van der Waals surface area (Å²) >= 11 is 0. The van der Waals surface area contributed by atoms with E-state index in [9.17, 15) is 4.79 Å². The standard InChI is InChI=1S/C6H13NO2.Cu/c1-4(2)3-5(7)6(8)9;/h4-5H,3,7H2,1-2H3,(H,8,9);. The van der Waals surface area contributed by atoms with Crippen molar-refractivity contribution in [2.75, 3.05) is 0 Å². The first-order valence-corrected chi connectivity index (χ1v) is 3.02. The fourth-order valence-corrected chi connectivity index (χ4v) is 0.609. The van der Waals surface area contributed by atoms with Crippen LogP contribution in [-0.4, -0.2) is 17.1 Å². The summed E-state index contributed by atoms with van der Waals surface area (Å²) < 4.78 is 0. The van der Waals surface area contributed by atoms with Gasteiger partial charge in [-0.05, 0) is 12.3 Å². The summed E-state index contributed by atoms with van der Waals surface area (Å²) in [7, 11) is 0. The summed E-state index contributed by atoms with van der Waals surface area (Å²) in [6.07, 6.45) is 0.551. The van der Waals surface area contributed by atoms with Gasteiger partial charge in [0.25, 0.3) is 0 Å². The van der Waals surface area contributed by atoms with Crippen LogP contribution < -0.4 is 5.73 Å². The predicted molar refractivity (Wildman–Crippen MR) is 35.1 cm³/mol. The van der Waals surface area contributed by atoms with Crippen LogP contribution in [-0.2, 0) is 21.9 Å². The van der Waals surface area contributed by atoms with Gasteiger partial charge in [0.05, 0.1) is 0 Å². The predicted octanol–water partition coefficient (Wildman–Crippen LogP) is 0.442. The summed E-state index contributed by atoms with van der Waals surface area (Å²) in [4.78, 5) is 10.1. The minimum absolute atomic E-state index is 0. The van der Waals surface area contributed by atoms with E-state index in [4.69, 9.17) is 10.8 Å². The molecule has 0 aromatic rings. The summed E-state index contributed by atoms with van der Waals surface area (Å²) in [6, 6.07) is -0.690. The van der Waals surface area contributed by atoms with E-state index in [1.807, 2.05) is 13.8 Å². The van der Waals surface area contributed by atoms with E-state index in [2.05, 4.69) is 0 Å². The van der Waals surface area contributed by atoms with Crippen molar-refractivity contribution >= 4 is 5.97 Å². The van der Waals surface area contributed by atoms with Crippen LogP contribution in [0.4, 0.5) is 0 Å². The van der Waals surface area contributed by atoms with Crippen molar-refractivity contribution in [3.63, 3.8) is 0 Å². The largest absolute Gasteiger partial charge is 0.480 e. The minimum Gasteiger partial charge on any atom is -0.480 e. The van der Waals surface area contributed by atoms with E-state index in [0.29, 0.717) is 12.3 Å². The fraction of sp³-hybridized carbons (Fsp3) is 0.833. The first kappa shape index (κ1) is 12.6.